The standard InChI is InChI=1S/C23H29N3O2/c1-17(2)21(25-22(27)19-11-7-4-8-12-19)23(28)24-20-13-14-26(16-20)15-18-9-5-3-6-10-18/h3-12,17,20-21H,13-16H2,1-2H3,(H,24,28)(H,25,27)/t20-,21+/m1/s1. The first-order valence-corrected chi connectivity index (χ1v) is 9.95. The van der Waals surface area contributed by atoms with E-state index in [1.165, 1.54) is 5.56 Å². The third-order valence-corrected chi connectivity index (χ3v) is 5.14. The van der Waals surface area contributed by atoms with Gasteiger partial charge in [0.05, 0.1) is 0 Å². The molecule has 0 radical (unpaired) electrons. The van der Waals surface area contributed by atoms with E-state index in [0.717, 1.165) is 26.1 Å². The van der Waals surface area contributed by atoms with Crippen molar-refractivity contribution in [3.05, 3.63) is 71.8 Å². The lowest BCUT2D eigenvalue weighted by molar-refractivity contribution is -0.124. The van der Waals surface area contributed by atoms with Crippen LogP contribution in [0.1, 0.15) is 36.2 Å². The monoisotopic (exact) mass is 379 g/mol. The summed E-state index contributed by atoms with van der Waals surface area (Å²) in [7, 11) is 0. The summed E-state index contributed by atoms with van der Waals surface area (Å²) < 4.78 is 0. The van der Waals surface area contributed by atoms with Gasteiger partial charge in [-0.15, -0.1) is 0 Å². The van der Waals surface area contributed by atoms with E-state index in [2.05, 4.69) is 27.7 Å². The number of nitrogens with zero attached hydrogens (tertiary/aromatic N) is 1. The van der Waals surface area contributed by atoms with Crippen LogP contribution >= 0.6 is 0 Å². The van der Waals surface area contributed by atoms with Gasteiger partial charge in [-0.2, -0.15) is 0 Å². The predicted octanol–water partition coefficient (Wildman–Crippen LogP) is 2.83. The van der Waals surface area contributed by atoms with Crippen molar-refractivity contribution in [2.45, 2.75) is 38.9 Å². The van der Waals surface area contributed by atoms with Crippen LogP contribution in [0.4, 0.5) is 0 Å². The highest BCUT2D eigenvalue weighted by molar-refractivity contribution is 5.97. The number of amides is 2. The molecule has 1 aliphatic heterocycles. The van der Waals surface area contributed by atoms with Gasteiger partial charge < -0.3 is 10.6 Å². The normalized spacial score (nSPS) is 18.0. The Kier molecular flexibility index (Phi) is 6.82. The summed E-state index contributed by atoms with van der Waals surface area (Å²) in [5, 5.41) is 6.03. The molecule has 1 fully saturated rings. The molecule has 2 aromatic rings. The molecule has 1 saturated heterocycles. The van der Waals surface area contributed by atoms with Gasteiger partial charge in [0.25, 0.3) is 5.91 Å². The Bertz CT molecular complexity index is 777. The molecule has 5 nitrogen and oxygen atoms in total. The van der Waals surface area contributed by atoms with Crippen LogP contribution < -0.4 is 10.6 Å². The third kappa shape index (κ3) is 5.42. The van der Waals surface area contributed by atoms with E-state index in [0.29, 0.717) is 5.56 Å². The Morgan fingerprint density at radius 1 is 1.04 bits per heavy atom. The van der Waals surface area contributed by atoms with Gasteiger partial charge in [-0.05, 0) is 30.0 Å². The maximum atomic E-state index is 12.8. The van der Waals surface area contributed by atoms with Crippen LogP contribution in [0.25, 0.3) is 0 Å². The zero-order valence-corrected chi connectivity index (χ0v) is 16.6. The van der Waals surface area contributed by atoms with E-state index >= 15 is 0 Å². The summed E-state index contributed by atoms with van der Waals surface area (Å²) in [5.41, 5.74) is 1.85. The van der Waals surface area contributed by atoms with Crippen LogP contribution in [0.15, 0.2) is 60.7 Å². The summed E-state index contributed by atoms with van der Waals surface area (Å²) in [6, 6.07) is 18.9. The van der Waals surface area contributed by atoms with E-state index in [1.54, 1.807) is 12.1 Å². The Morgan fingerprint density at radius 3 is 2.32 bits per heavy atom. The first-order valence-electron chi connectivity index (χ1n) is 9.95. The first-order chi connectivity index (χ1) is 13.5. The van der Waals surface area contributed by atoms with E-state index in [9.17, 15) is 9.59 Å². The van der Waals surface area contributed by atoms with E-state index in [1.807, 2.05) is 50.2 Å². The van der Waals surface area contributed by atoms with Crippen molar-refractivity contribution >= 4 is 11.8 Å². The molecule has 0 spiro atoms. The number of benzene rings is 2. The van der Waals surface area contributed by atoms with Crippen LogP contribution in [0.2, 0.25) is 0 Å². The number of carbonyl (C=O) groups excluding carboxylic acids is 2. The SMILES string of the molecule is CC(C)[C@H](NC(=O)c1ccccc1)C(=O)N[C@@H]1CCN(Cc2ccccc2)C1. The average molecular weight is 380 g/mol. The van der Waals surface area contributed by atoms with Gasteiger partial charge in [0.1, 0.15) is 6.04 Å². The quantitative estimate of drug-likeness (QED) is 0.778. The molecular weight excluding hydrogens is 350 g/mol. The fraction of sp³-hybridized carbons (Fsp3) is 0.391. The average Bonchev–Trinajstić information content (AvgIpc) is 3.13. The number of hydrogen-bond acceptors (Lipinski definition) is 3. The van der Waals surface area contributed by atoms with Crippen molar-refractivity contribution in [2.24, 2.45) is 5.92 Å². The predicted molar refractivity (Wildman–Crippen MR) is 111 cm³/mol. The molecule has 0 aliphatic carbocycles. The fourth-order valence-electron chi connectivity index (χ4n) is 3.58. The Balaban J connectivity index is 1.53. The molecule has 5 heteroatoms. The summed E-state index contributed by atoms with van der Waals surface area (Å²) in [5.74, 6) is -0.313. The molecule has 28 heavy (non-hydrogen) atoms. The fourth-order valence-corrected chi connectivity index (χ4v) is 3.58. The highest BCUT2D eigenvalue weighted by Gasteiger charge is 2.29. The number of hydrogen-bond donors (Lipinski definition) is 2. The lowest BCUT2D eigenvalue weighted by Gasteiger charge is -2.24. The van der Waals surface area contributed by atoms with Gasteiger partial charge in [0.2, 0.25) is 5.91 Å². The van der Waals surface area contributed by atoms with Crippen LogP contribution in [-0.2, 0) is 11.3 Å². The molecule has 0 bridgehead atoms. The summed E-state index contributed by atoms with van der Waals surface area (Å²) in [4.78, 5) is 27.6. The van der Waals surface area contributed by atoms with Crippen molar-refractivity contribution in [2.75, 3.05) is 13.1 Å². The van der Waals surface area contributed by atoms with E-state index < -0.39 is 6.04 Å². The van der Waals surface area contributed by atoms with Crippen molar-refractivity contribution in [1.82, 2.24) is 15.5 Å². The molecule has 0 unspecified atom stereocenters. The van der Waals surface area contributed by atoms with Crippen molar-refractivity contribution < 1.29 is 9.59 Å². The maximum absolute atomic E-state index is 12.8. The lowest BCUT2D eigenvalue weighted by Crippen LogP contribution is -2.52. The summed E-state index contributed by atoms with van der Waals surface area (Å²) in [6.07, 6.45) is 0.927. The lowest BCUT2D eigenvalue weighted by atomic mass is 10.0. The summed E-state index contributed by atoms with van der Waals surface area (Å²) >= 11 is 0. The number of likely N-dealkylation sites (tertiary alicyclic amines) is 1. The van der Waals surface area contributed by atoms with Gasteiger partial charge in [0, 0.05) is 31.2 Å². The van der Waals surface area contributed by atoms with Gasteiger partial charge in [0.15, 0.2) is 0 Å². The van der Waals surface area contributed by atoms with Gasteiger partial charge in [-0.3, -0.25) is 14.5 Å². The largest absolute Gasteiger partial charge is 0.350 e. The van der Waals surface area contributed by atoms with Gasteiger partial charge in [-0.1, -0.05) is 62.4 Å². The highest BCUT2D eigenvalue weighted by Crippen LogP contribution is 2.14. The topological polar surface area (TPSA) is 61.4 Å². The first kappa shape index (κ1) is 20.1. The van der Waals surface area contributed by atoms with Crippen LogP contribution in [-0.4, -0.2) is 41.9 Å². The Morgan fingerprint density at radius 2 is 1.68 bits per heavy atom. The zero-order valence-electron chi connectivity index (χ0n) is 16.6. The van der Waals surface area contributed by atoms with Crippen LogP contribution in [0, 0.1) is 5.92 Å². The van der Waals surface area contributed by atoms with Crippen molar-refractivity contribution in [1.29, 1.82) is 0 Å². The van der Waals surface area contributed by atoms with Crippen LogP contribution in [0.3, 0.4) is 0 Å². The maximum Gasteiger partial charge on any atom is 0.251 e. The van der Waals surface area contributed by atoms with E-state index in [-0.39, 0.29) is 23.8 Å². The van der Waals surface area contributed by atoms with Crippen molar-refractivity contribution in [3.8, 4) is 0 Å². The van der Waals surface area contributed by atoms with Gasteiger partial charge in [-0.25, -0.2) is 0 Å². The smallest absolute Gasteiger partial charge is 0.251 e. The minimum absolute atomic E-state index is 0.00878. The molecular formula is C23H29N3O2. The second-order valence-electron chi connectivity index (χ2n) is 7.78. The van der Waals surface area contributed by atoms with Crippen LogP contribution in [0.5, 0.6) is 0 Å². The zero-order chi connectivity index (χ0) is 19.9. The molecule has 2 aromatic carbocycles. The van der Waals surface area contributed by atoms with Gasteiger partial charge >= 0.3 is 0 Å². The van der Waals surface area contributed by atoms with Crippen molar-refractivity contribution in [3.63, 3.8) is 0 Å². The second-order valence-corrected chi connectivity index (χ2v) is 7.78. The number of carbonyl (C=O) groups is 2. The Hall–Kier alpha value is -2.66. The molecule has 0 saturated carbocycles. The molecule has 1 heterocycles. The number of nitrogens with one attached hydrogen (secondary N) is 2. The molecule has 2 N–H and O–H groups in total. The number of rotatable bonds is 7. The highest BCUT2D eigenvalue weighted by atomic mass is 16.2. The second kappa shape index (κ2) is 9.51. The Labute approximate surface area is 167 Å². The third-order valence-electron chi connectivity index (χ3n) is 5.14. The molecule has 2 atom stereocenters. The molecule has 1 aliphatic rings. The minimum Gasteiger partial charge on any atom is -0.350 e. The molecule has 2 amide bonds. The summed E-state index contributed by atoms with van der Waals surface area (Å²) in [6.45, 7) is 6.59. The molecule has 0 aromatic heterocycles. The molecule has 3 rings (SSSR count). The molecule has 148 valence electrons. The van der Waals surface area contributed by atoms with E-state index in [4.69, 9.17) is 0 Å². The minimum atomic E-state index is -0.545.